The molecule has 1 aromatic heterocycles. The normalized spacial score (nSPS) is 10.1. The van der Waals surface area contributed by atoms with Crippen LogP contribution >= 0.6 is 0 Å². The van der Waals surface area contributed by atoms with Crippen LogP contribution in [0.15, 0.2) is 0 Å². The van der Waals surface area contributed by atoms with Crippen molar-refractivity contribution in [3.63, 3.8) is 0 Å². The van der Waals surface area contributed by atoms with Crippen LogP contribution in [0.2, 0.25) is 0 Å². The van der Waals surface area contributed by atoms with E-state index in [4.69, 9.17) is 18.0 Å². The lowest BCUT2D eigenvalue weighted by atomic mass is 10.1. The second kappa shape index (κ2) is 24.6. The average Bonchev–Trinajstić information content (AvgIpc) is 2.72. The number of ether oxygens (including phenoxy) is 1. The van der Waals surface area contributed by atoms with Crippen LogP contribution in [-0.4, -0.2) is 62.9 Å². The van der Waals surface area contributed by atoms with Gasteiger partial charge in [-0.25, -0.2) is 0 Å². The van der Waals surface area contributed by atoms with Crippen molar-refractivity contribution in [2.45, 2.75) is 103 Å². The average molecular weight is 508 g/mol. The smallest absolute Gasteiger partial charge is 0.464 e. The molecule has 1 aromatic rings. The summed E-state index contributed by atoms with van der Waals surface area (Å²) in [5.74, 6) is 0.913. The monoisotopic (exact) mass is 507 g/mol. The highest BCUT2D eigenvalue weighted by Crippen LogP contribution is 2.15. The van der Waals surface area contributed by atoms with Crippen molar-refractivity contribution in [3.8, 4) is 6.01 Å². The Morgan fingerprint density at radius 1 is 0.618 bits per heavy atom. The van der Waals surface area contributed by atoms with Crippen molar-refractivity contribution in [1.82, 2.24) is 15.0 Å². The summed E-state index contributed by atoms with van der Waals surface area (Å²) < 4.78 is 23.1. The maximum absolute atomic E-state index is 5.87. The fraction of sp³-hybridized carbons (Fsp3) is 0.875. The number of nitrogens with one attached hydrogen (secondary N) is 2. The largest absolute Gasteiger partial charge is 0.521 e. The molecule has 10 heteroatoms. The summed E-state index contributed by atoms with van der Waals surface area (Å²) in [6, 6.07) is 0.289. The predicted molar refractivity (Wildman–Crippen MR) is 149 cm³/mol. The van der Waals surface area contributed by atoms with Crippen molar-refractivity contribution in [3.05, 3.63) is 0 Å². The summed E-state index contributed by atoms with van der Waals surface area (Å²) in [5, 5.41) is 6.49. The zero-order valence-electron chi connectivity index (χ0n) is 19.5. The summed E-state index contributed by atoms with van der Waals surface area (Å²) in [7, 11) is -2.85. The summed E-state index contributed by atoms with van der Waals surface area (Å²) in [5.41, 5.74) is 0. The van der Waals surface area contributed by atoms with Crippen molar-refractivity contribution in [1.29, 1.82) is 0 Å². The van der Waals surface area contributed by atoms with E-state index in [1.54, 1.807) is 0 Å². The van der Waals surface area contributed by atoms with Gasteiger partial charge in [-0.3, -0.25) is 0 Å². The maximum atomic E-state index is 5.87. The third-order valence-electron chi connectivity index (χ3n) is 4.26. The Bertz CT molecular complexity index is 553. The second-order valence-electron chi connectivity index (χ2n) is 6.73. The minimum Gasteiger partial charge on any atom is -0.464 e. The third kappa shape index (κ3) is 16.2. The molecule has 0 bridgehead atoms. The van der Waals surface area contributed by atoms with Gasteiger partial charge in [0.05, 0.1) is 12.8 Å². The number of nitrogens with zero attached hydrogens (tertiary/aromatic N) is 3. The van der Waals surface area contributed by atoms with Crippen molar-refractivity contribution >= 4 is 20.7 Å². The highest BCUT2D eigenvalue weighted by Gasteiger charge is 2.40. The van der Waals surface area contributed by atoms with Crippen LogP contribution in [0.5, 0.6) is 6.01 Å². The van der Waals surface area contributed by atoms with Gasteiger partial charge >= 0.3 is 14.8 Å². The van der Waals surface area contributed by atoms with Gasteiger partial charge in [-0.05, 0) is 34.1 Å². The summed E-state index contributed by atoms with van der Waals surface area (Å²) in [6.45, 7) is 12.8. The lowest BCUT2D eigenvalue weighted by Crippen LogP contribution is -2.52. The Morgan fingerprint density at radius 2 is 1.12 bits per heavy atom. The first kappa shape index (κ1) is 39.7. The van der Waals surface area contributed by atoms with Gasteiger partial charge in [0.1, 0.15) is 0 Å². The van der Waals surface area contributed by atoms with E-state index in [-0.39, 0.29) is 35.7 Å². The molecule has 0 aliphatic rings. The number of aromatic nitrogens is 3. The quantitative estimate of drug-likeness (QED) is 0.159. The van der Waals surface area contributed by atoms with E-state index in [1.165, 1.54) is 32.1 Å². The van der Waals surface area contributed by atoms with Crippen LogP contribution in [0.1, 0.15) is 103 Å². The van der Waals surface area contributed by atoms with Crippen LogP contribution in [0.3, 0.4) is 0 Å². The summed E-state index contributed by atoms with van der Waals surface area (Å²) in [6.07, 6.45) is 7.79. The number of anilines is 2. The van der Waals surface area contributed by atoms with E-state index in [1.807, 2.05) is 27.7 Å². The van der Waals surface area contributed by atoms with Gasteiger partial charge in [-0.15, -0.1) is 0 Å². The highest BCUT2D eigenvalue weighted by atomic mass is 28.4. The number of unbranched alkanes of at least 4 members (excludes halogenated alkanes) is 5. The number of hydrogen-bond donors (Lipinski definition) is 2. The van der Waals surface area contributed by atoms with E-state index >= 15 is 0 Å². The third-order valence-corrected chi connectivity index (χ3v) is 7.05. The first-order chi connectivity index (χ1) is 14.6. The summed E-state index contributed by atoms with van der Waals surface area (Å²) >= 11 is 0. The molecule has 0 saturated heterocycles. The molecule has 0 unspecified atom stereocenters. The van der Waals surface area contributed by atoms with Crippen molar-refractivity contribution in [2.75, 3.05) is 49.8 Å². The minimum atomic E-state index is -2.85. The molecule has 1 rings (SSSR count). The van der Waals surface area contributed by atoms with Gasteiger partial charge in [-0.1, -0.05) is 68.7 Å². The molecule has 0 atom stereocenters. The van der Waals surface area contributed by atoms with Gasteiger partial charge in [0.25, 0.3) is 0 Å². The molecular formula is C24H57N5O4Si. The maximum Gasteiger partial charge on any atom is 0.521 e. The van der Waals surface area contributed by atoms with Crippen molar-refractivity contribution in [2.24, 2.45) is 0 Å². The lowest BCUT2D eigenvalue weighted by Gasteiger charge is -2.28. The first-order valence-electron chi connectivity index (χ1n) is 11.4. The molecule has 0 aliphatic heterocycles. The SMILES string of the molecule is C.C.C.C.CCCCCCCCNc1nc(NC[Si](OCC)(OCC)OCC)nc(OCC)n1. The van der Waals surface area contributed by atoms with Crippen LogP contribution in [-0.2, 0) is 13.3 Å². The Balaban J connectivity index is -0.00000112. The topological polar surface area (TPSA) is 99.7 Å². The first-order valence-corrected chi connectivity index (χ1v) is 13.3. The molecule has 2 N–H and O–H groups in total. The Hall–Kier alpha value is -1.49. The molecule has 0 amide bonds. The standard InChI is InChI=1S/C20H41N5O4Si.4CH4/c1-6-11-12-13-14-15-16-21-18-23-19(25-20(24-18)26-7-2)22-17-30(27-8-3,28-9-4)29-10-5;;;;/h6-17H2,1-5H3,(H2,21,22,23,24,25);4*1H4. The minimum absolute atomic E-state index is 0. The molecule has 0 fully saturated rings. The van der Waals surface area contributed by atoms with Crippen LogP contribution in [0.25, 0.3) is 0 Å². The molecule has 206 valence electrons. The lowest BCUT2D eigenvalue weighted by molar-refractivity contribution is 0.0740. The molecule has 34 heavy (non-hydrogen) atoms. The molecular weight excluding hydrogens is 450 g/mol. The fourth-order valence-electron chi connectivity index (χ4n) is 2.94. The molecule has 1 heterocycles. The van der Waals surface area contributed by atoms with Crippen LogP contribution in [0, 0.1) is 0 Å². The van der Waals surface area contributed by atoms with E-state index in [0.29, 0.717) is 44.5 Å². The molecule has 0 radical (unpaired) electrons. The Labute approximate surface area is 212 Å². The van der Waals surface area contributed by atoms with Crippen LogP contribution in [0.4, 0.5) is 11.9 Å². The van der Waals surface area contributed by atoms with Gasteiger partial charge in [-0.2, -0.15) is 15.0 Å². The zero-order chi connectivity index (χ0) is 22.1. The van der Waals surface area contributed by atoms with E-state index < -0.39 is 8.80 Å². The molecule has 0 saturated carbocycles. The molecule has 9 nitrogen and oxygen atoms in total. The van der Waals surface area contributed by atoms with Gasteiger partial charge < -0.3 is 28.6 Å². The fourth-order valence-corrected chi connectivity index (χ4v) is 5.19. The van der Waals surface area contributed by atoms with Gasteiger partial charge in [0.15, 0.2) is 0 Å². The predicted octanol–water partition coefficient (Wildman–Crippen LogP) is 6.59. The van der Waals surface area contributed by atoms with E-state index in [2.05, 4.69) is 32.5 Å². The van der Waals surface area contributed by atoms with Gasteiger partial charge in [0, 0.05) is 26.4 Å². The number of rotatable bonds is 19. The molecule has 0 aromatic carbocycles. The second-order valence-corrected chi connectivity index (χ2v) is 9.31. The number of hydrogen-bond acceptors (Lipinski definition) is 9. The summed E-state index contributed by atoms with van der Waals surface area (Å²) in [4.78, 5) is 13.2. The zero-order valence-corrected chi connectivity index (χ0v) is 20.5. The van der Waals surface area contributed by atoms with E-state index in [0.717, 1.165) is 13.0 Å². The highest BCUT2D eigenvalue weighted by molar-refractivity contribution is 6.61. The van der Waals surface area contributed by atoms with Crippen molar-refractivity contribution < 1.29 is 18.0 Å². The molecule has 0 aliphatic carbocycles. The van der Waals surface area contributed by atoms with Gasteiger partial charge in [0.2, 0.25) is 11.9 Å². The Morgan fingerprint density at radius 3 is 1.62 bits per heavy atom. The molecule has 0 spiro atoms. The van der Waals surface area contributed by atoms with Crippen LogP contribution < -0.4 is 15.4 Å². The Kier molecular flexibility index (Phi) is 28.8. The van der Waals surface area contributed by atoms with E-state index in [9.17, 15) is 0 Å².